The molecule has 0 saturated carbocycles. The van der Waals surface area contributed by atoms with Gasteiger partial charge >= 0.3 is 5.97 Å². The van der Waals surface area contributed by atoms with E-state index in [2.05, 4.69) is 14.7 Å². The number of nitrogens with one attached hydrogen (secondary N) is 1. The number of hydrogen-bond acceptors (Lipinski definition) is 5. The summed E-state index contributed by atoms with van der Waals surface area (Å²) in [5, 5.41) is 9.32. The second-order valence-electron chi connectivity index (χ2n) is 2.57. The zero-order chi connectivity index (χ0) is 10.7. The molecule has 0 aliphatic carbocycles. The number of ether oxygens (including phenoxy) is 1. The fourth-order valence-electron chi connectivity index (χ4n) is 0.871. The molecular formula is C8H10N2O3S. The number of esters is 1. The highest BCUT2D eigenvalue weighted by Crippen LogP contribution is 2.12. The Balaban J connectivity index is 3.16. The van der Waals surface area contributed by atoms with E-state index >= 15 is 0 Å². The maximum atomic E-state index is 11.2. The minimum Gasteiger partial charge on any atom is -0.492 e. The van der Waals surface area contributed by atoms with E-state index in [1.807, 2.05) is 0 Å². The van der Waals surface area contributed by atoms with Crippen molar-refractivity contribution in [2.24, 2.45) is 0 Å². The molecule has 0 saturated heterocycles. The molecule has 0 atom stereocenters. The third kappa shape index (κ3) is 2.08. The lowest BCUT2D eigenvalue weighted by molar-refractivity contribution is 0.0514. The maximum Gasteiger partial charge on any atom is 0.360 e. The number of carbonyl (C=O) groups is 1. The zero-order valence-corrected chi connectivity index (χ0v) is 8.64. The number of aromatic hydroxyl groups is 1. The van der Waals surface area contributed by atoms with Crippen LogP contribution in [0.1, 0.15) is 23.1 Å². The Kier molecular flexibility index (Phi) is 3.19. The highest BCUT2D eigenvalue weighted by molar-refractivity contribution is 7.71. The summed E-state index contributed by atoms with van der Waals surface area (Å²) in [7, 11) is 0. The van der Waals surface area contributed by atoms with Gasteiger partial charge in [-0.2, -0.15) is 0 Å². The number of aromatic nitrogens is 2. The van der Waals surface area contributed by atoms with Crippen molar-refractivity contribution in [2.75, 3.05) is 6.61 Å². The third-order valence-electron chi connectivity index (χ3n) is 1.54. The molecule has 0 spiro atoms. The molecular weight excluding hydrogens is 204 g/mol. The van der Waals surface area contributed by atoms with E-state index in [1.165, 1.54) is 0 Å². The zero-order valence-electron chi connectivity index (χ0n) is 7.83. The number of aromatic amines is 1. The van der Waals surface area contributed by atoms with Gasteiger partial charge in [0.15, 0.2) is 5.69 Å². The van der Waals surface area contributed by atoms with E-state index in [0.29, 0.717) is 10.3 Å². The Bertz CT molecular complexity index is 414. The van der Waals surface area contributed by atoms with Crippen LogP contribution in [0.5, 0.6) is 5.88 Å². The lowest BCUT2D eigenvalue weighted by Gasteiger charge is -2.04. The fourth-order valence-corrected chi connectivity index (χ4v) is 1.02. The molecule has 14 heavy (non-hydrogen) atoms. The highest BCUT2D eigenvalue weighted by atomic mass is 32.1. The fraction of sp³-hybridized carbons (Fsp3) is 0.375. The molecule has 0 aliphatic heterocycles. The van der Waals surface area contributed by atoms with E-state index in [0.717, 1.165) is 0 Å². The second-order valence-corrected chi connectivity index (χ2v) is 2.98. The first-order valence-corrected chi connectivity index (χ1v) is 4.44. The van der Waals surface area contributed by atoms with Crippen LogP contribution in [-0.2, 0) is 4.74 Å². The Hall–Kier alpha value is -1.43. The standard InChI is InChI=1S/C8H10N2O3S/c1-3-13-8(12)5-6(11)9-4(2)7(14)10-5/h3H2,1-2H3,(H,9,11)(H,10,14). The van der Waals surface area contributed by atoms with Crippen molar-refractivity contribution in [3.8, 4) is 5.88 Å². The van der Waals surface area contributed by atoms with Crippen LogP contribution in [0, 0.1) is 11.6 Å². The number of rotatable bonds is 2. The highest BCUT2D eigenvalue weighted by Gasteiger charge is 2.14. The van der Waals surface area contributed by atoms with Crippen molar-refractivity contribution in [1.29, 1.82) is 0 Å². The van der Waals surface area contributed by atoms with Crippen LogP contribution in [0.25, 0.3) is 0 Å². The van der Waals surface area contributed by atoms with Gasteiger partial charge in [-0.3, -0.25) is 0 Å². The van der Waals surface area contributed by atoms with Gasteiger partial charge in [0.2, 0.25) is 5.88 Å². The molecule has 1 rings (SSSR count). The monoisotopic (exact) mass is 214 g/mol. The van der Waals surface area contributed by atoms with Gasteiger partial charge in [0.05, 0.1) is 12.3 Å². The summed E-state index contributed by atoms with van der Waals surface area (Å²) >= 11 is 4.87. The summed E-state index contributed by atoms with van der Waals surface area (Å²) in [6.07, 6.45) is 0. The molecule has 5 nitrogen and oxygen atoms in total. The lowest BCUT2D eigenvalue weighted by atomic mass is 10.4. The molecule has 1 aromatic heterocycles. The first kappa shape index (κ1) is 10.6. The van der Waals surface area contributed by atoms with Crippen LogP contribution in [0.15, 0.2) is 0 Å². The van der Waals surface area contributed by atoms with Gasteiger partial charge < -0.3 is 14.8 Å². The summed E-state index contributed by atoms with van der Waals surface area (Å²) in [4.78, 5) is 17.5. The Morgan fingerprint density at radius 2 is 2.36 bits per heavy atom. The third-order valence-corrected chi connectivity index (χ3v) is 1.94. The lowest BCUT2D eigenvalue weighted by Crippen LogP contribution is -2.09. The van der Waals surface area contributed by atoms with Gasteiger partial charge in [-0.05, 0) is 13.8 Å². The van der Waals surface area contributed by atoms with Gasteiger partial charge in [-0.15, -0.1) is 0 Å². The molecule has 0 bridgehead atoms. The summed E-state index contributed by atoms with van der Waals surface area (Å²) in [5.74, 6) is -1.06. The van der Waals surface area contributed by atoms with Gasteiger partial charge in [-0.1, -0.05) is 12.2 Å². The minimum atomic E-state index is -0.663. The molecule has 1 heterocycles. The van der Waals surface area contributed by atoms with Crippen LogP contribution < -0.4 is 0 Å². The topological polar surface area (TPSA) is 75.2 Å². The minimum absolute atomic E-state index is 0.109. The molecule has 0 radical (unpaired) electrons. The summed E-state index contributed by atoms with van der Waals surface area (Å²) in [6.45, 7) is 3.53. The Labute approximate surface area is 85.8 Å². The van der Waals surface area contributed by atoms with Crippen LogP contribution in [0.3, 0.4) is 0 Å². The molecule has 0 fully saturated rings. The van der Waals surface area contributed by atoms with E-state index < -0.39 is 11.8 Å². The van der Waals surface area contributed by atoms with E-state index in [9.17, 15) is 9.90 Å². The number of carbonyl (C=O) groups excluding carboxylic acids is 1. The largest absolute Gasteiger partial charge is 0.492 e. The van der Waals surface area contributed by atoms with Crippen LogP contribution >= 0.6 is 12.2 Å². The van der Waals surface area contributed by atoms with Gasteiger partial charge in [-0.25, -0.2) is 9.78 Å². The average Bonchev–Trinajstić information content (AvgIpc) is 2.11. The average molecular weight is 214 g/mol. The van der Waals surface area contributed by atoms with Crippen LogP contribution in [0.2, 0.25) is 0 Å². The first-order chi connectivity index (χ1) is 6.56. The number of nitrogens with zero attached hydrogens (tertiary/aromatic N) is 1. The van der Waals surface area contributed by atoms with Crippen molar-refractivity contribution < 1.29 is 14.6 Å². The van der Waals surface area contributed by atoms with Crippen LogP contribution in [-0.4, -0.2) is 27.7 Å². The Morgan fingerprint density at radius 1 is 1.71 bits per heavy atom. The second kappa shape index (κ2) is 4.19. The molecule has 0 aromatic carbocycles. The van der Waals surface area contributed by atoms with Crippen molar-refractivity contribution in [3.63, 3.8) is 0 Å². The summed E-state index contributed by atoms with van der Waals surface area (Å²) in [6, 6.07) is 0. The normalized spacial score (nSPS) is 9.86. The van der Waals surface area contributed by atoms with E-state index in [4.69, 9.17) is 12.2 Å². The molecule has 76 valence electrons. The van der Waals surface area contributed by atoms with Gasteiger partial charge in [0.1, 0.15) is 4.64 Å². The predicted octanol–water partition coefficient (Wildman–Crippen LogP) is 1.33. The molecule has 0 unspecified atom stereocenters. The molecule has 0 aliphatic rings. The van der Waals surface area contributed by atoms with E-state index in [1.54, 1.807) is 13.8 Å². The first-order valence-electron chi connectivity index (χ1n) is 4.03. The van der Waals surface area contributed by atoms with Crippen molar-refractivity contribution >= 4 is 18.2 Å². The quantitative estimate of drug-likeness (QED) is 0.573. The molecule has 6 heteroatoms. The molecule has 1 aromatic rings. The summed E-state index contributed by atoms with van der Waals surface area (Å²) < 4.78 is 5.00. The van der Waals surface area contributed by atoms with Crippen molar-refractivity contribution in [1.82, 2.24) is 9.97 Å². The SMILES string of the molecule is CCOC(=O)c1[nH]c(=S)c(C)nc1O. The smallest absolute Gasteiger partial charge is 0.360 e. The Morgan fingerprint density at radius 3 is 2.93 bits per heavy atom. The van der Waals surface area contributed by atoms with Crippen molar-refractivity contribution in [2.45, 2.75) is 13.8 Å². The number of H-pyrrole nitrogens is 1. The van der Waals surface area contributed by atoms with Gasteiger partial charge in [0, 0.05) is 0 Å². The van der Waals surface area contributed by atoms with Crippen LogP contribution in [0.4, 0.5) is 0 Å². The number of hydrogen-bond donors (Lipinski definition) is 2. The maximum absolute atomic E-state index is 11.2. The summed E-state index contributed by atoms with van der Waals surface area (Å²) in [5.41, 5.74) is 0.355. The molecule has 2 N–H and O–H groups in total. The number of aryl methyl sites for hydroxylation is 1. The molecule has 0 amide bonds. The predicted molar refractivity (Wildman–Crippen MR) is 51.8 cm³/mol. The van der Waals surface area contributed by atoms with Gasteiger partial charge in [0.25, 0.3) is 0 Å². The van der Waals surface area contributed by atoms with E-state index in [-0.39, 0.29) is 12.3 Å². The van der Waals surface area contributed by atoms with Crippen molar-refractivity contribution in [3.05, 3.63) is 16.0 Å².